The van der Waals surface area contributed by atoms with Crippen LogP contribution < -0.4 is 14.8 Å². The van der Waals surface area contributed by atoms with Crippen LogP contribution in [0.15, 0.2) is 59.0 Å². The minimum Gasteiger partial charge on any atom is -0.478 e. The Hall–Kier alpha value is -4.13. The summed E-state index contributed by atoms with van der Waals surface area (Å²) in [4.78, 5) is 25.5. The quantitative estimate of drug-likeness (QED) is 0.357. The van der Waals surface area contributed by atoms with Gasteiger partial charge in [-0.2, -0.15) is 0 Å². The first-order valence-electron chi connectivity index (χ1n) is 9.96. The van der Waals surface area contributed by atoms with Gasteiger partial charge in [-0.3, -0.25) is 0 Å². The molecule has 1 aliphatic heterocycles. The fraction of sp³-hybridized carbons (Fsp3) is 0.192. The van der Waals surface area contributed by atoms with Gasteiger partial charge in [-0.25, -0.2) is 14.2 Å². The van der Waals surface area contributed by atoms with Crippen molar-refractivity contribution in [2.45, 2.75) is 7.43 Å². The molecule has 4 rings (SSSR count). The molecule has 1 heterocycles. The molecule has 0 amide bonds. The largest absolute Gasteiger partial charge is 0.478 e. The maximum absolute atomic E-state index is 12.1. The Morgan fingerprint density at radius 1 is 0.879 bits per heavy atom. The molecule has 7 heteroatoms. The Morgan fingerprint density at radius 2 is 1.58 bits per heavy atom. The van der Waals surface area contributed by atoms with E-state index in [4.69, 9.17) is 4.42 Å². The molecular formula is C26H27N2O5+. The van der Waals surface area contributed by atoms with Crippen LogP contribution in [0.4, 0.5) is 5.69 Å². The normalized spacial score (nSPS) is 10.7. The maximum Gasteiger partial charge on any atom is 0.336 e. The maximum atomic E-state index is 12.1. The predicted molar refractivity (Wildman–Crippen MR) is 130 cm³/mol. The zero-order valence-corrected chi connectivity index (χ0v) is 18.2. The van der Waals surface area contributed by atoms with E-state index in [1.807, 2.05) is 74.1 Å². The van der Waals surface area contributed by atoms with Crippen molar-refractivity contribution in [2.75, 3.05) is 33.1 Å². The number of nitrogens with zero attached hydrogens (tertiary/aromatic N) is 2. The number of anilines is 1. The topological polar surface area (TPSA) is 94.0 Å². The second kappa shape index (κ2) is 8.78. The Morgan fingerprint density at radius 3 is 2.18 bits per heavy atom. The van der Waals surface area contributed by atoms with E-state index in [0.717, 1.165) is 22.0 Å². The van der Waals surface area contributed by atoms with E-state index in [-0.39, 0.29) is 18.6 Å². The lowest BCUT2D eigenvalue weighted by Gasteiger charge is -2.19. The number of hydrogen-bond acceptors (Lipinski definition) is 4. The molecule has 1 aliphatic carbocycles. The fourth-order valence-corrected chi connectivity index (χ4v) is 3.79. The summed E-state index contributed by atoms with van der Waals surface area (Å²) in [6, 6.07) is 15.7. The van der Waals surface area contributed by atoms with Crippen LogP contribution in [0.2, 0.25) is 0 Å². The molecule has 2 aliphatic rings. The van der Waals surface area contributed by atoms with Gasteiger partial charge >= 0.3 is 11.9 Å². The van der Waals surface area contributed by atoms with E-state index in [2.05, 4.69) is 0 Å². The number of carbonyl (C=O) groups is 2. The first kappa shape index (κ1) is 23.5. The van der Waals surface area contributed by atoms with Crippen LogP contribution in [0.5, 0.6) is 0 Å². The third-order valence-electron chi connectivity index (χ3n) is 5.49. The smallest absolute Gasteiger partial charge is 0.336 e. The Kier molecular flexibility index (Phi) is 6.26. The minimum absolute atomic E-state index is 0. The van der Waals surface area contributed by atoms with Gasteiger partial charge in [0, 0.05) is 48.4 Å². The molecule has 0 spiro atoms. The highest BCUT2D eigenvalue weighted by Crippen LogP contribution is 2.42. The van der Waals surface area contributed by atoms with Crippen molar-refractivity contribution in [3.05, 3.63) is 71.1 Å². The zero-order chi connectivity index (χ0) is 23.2. The summed E-state index contributed by atoms with van der Waals surface area (Å²) in [6.45, 7) is 0. The van der Waals surface area contributed by atoms with Gasteiger partial charge in [0.1, 0.15) is 25.4 Å². The van der Waals surface area contributed by atoms with Gasteiger partial charge in [0.15, 0.2) is 0 Å². The Balaban J connectivity index is 0.00000306. The molecule has 2 aromatic carbocycles. The molecule has 33 heavy (non-hydrogen) atoms. The van der Waals surface area contributed by atoms with E-state index < -0.39 is 11.9 Å². The Labute approximate surface area is 191 Å². The van der Waals surface area contributed by atoms with Gasteiger partial charge < -0.3 is 19.5 Å². The van der Waals surface area contributed by atoms with E-state index >= 15 is 0 Å². The summed E-state index contributed by atoms with van der Waals surface area (Å²) in [7, 11) is 7.72. The van der Waals surface area contributed by atoms with Gasteiger partial charge in [0.25, 0.3) is 0 Å². The number of fused-ring (bicyclic) bond motifs is 2. The molecule has 2 N–H and O–H groups in total. The fourth-order valence-electron chi connectivity index (χ4n) is 3.79. The van der Waals surface area contributed by atoms with Gasteiger partial charge in [-0.05, 0) is 35.9 Å². The first-order chi connectivity index (χ1) is 15.2. The zero-order valence-electron chi connectivity index (χ0n) is 18.2. The molecule has 0 saturated carbocycles. The predicted octanol–water partition coefficient (Wildman–Crippen LogP) is 4.33. The van der Waals surface area contributed by atoms with Crippen molar-refractivity contribution in [2.24, 2.45) is 0 Å². The van der Waals surface area contributed by atoms with Crippen molar-refractivity contribution < 1.29 is 24.2 Å². The molecule has 0 atom stereocenters. The highest BCUT2D eigenvalue weighted by molar-refractivity contribution is 6.08. The number of hydrogen-bond donors (Lipinski definition) is 2. The average molecular weight is 448 g/mol. The lowest BCUT2D eigenvalue weighted by atomic mass is 9.89. The number of rotatable bonds is 4. The molecule has 0 fully saturated rings. The van der Waals surface area contributed by atoms with Crippen LogP contribution in [-0.4, -0.2) is 50.3 Å². The molecule has 170 valence electrons. The van der Waals surface area contributed by atoms with Crippen molar-refractivity contribution in [3.8, 4) is 22.5 Å². The van der Waals surface area contributed by atoms with Crippen LogP contribution in [0.25, 0.3) is 33.4 Å². The molecule has 0 saturated heterocycles. The third-order valence-corrected chi connectivity index (χ3v) is 5.49. The van der Waals surface area contributed by atoms with Crippen LogP contribution in [-0.2, 0) is 0 Å². The molecule has 7 nitrogen and oxygen atoms in total. The van der Waals surface area contributed by atoms with Crippen LogP contribution in [0.1, 0.15) is 28.1 Å². The number of aromatic carboxylic acids is 2. The van der Waals surface area contributed by atoms with Crippen LogP contribution in [0, 0.1) is 0 Å². The second-order valence-electron chi connectivity index (χ2n) is 8.00. The van der Waals surface area contributed by atoms with E-state index in [0.29, 0.717) is 22.5 Å². The number of carboxylic acids is 2. The minimum atomic E-state index is -1.19. The number of benzene rings is 3. The summed E-state index contributed by atoms with van der Waals surface area (Å²) in [6.07, 6.45) is 0. The summed E-state index contributed by atoms with van der Waals surface area (Å²) >= 11 is 0. The first-order valence-corrected chi connectivity index (χ1v) is 9.96. The summed E-state index contributed by atoms with van der Waals surface area (Å²) in [5.41, 5.74) is 3.25. The summed E-state index contributed by atoms with van der Waals surface area (Å²) in [5.74, 6) is -1.77. The summed E-state index contributed by atoms with van der Waals surface area (Å²) < 4.78 is 8.22. The average Bonchev–Trinajstić information content (AvgIpc) is 2.75. The third kappa shape index (κ3) is 4.17. The van der Waals surface area contributed by atoms with Crippen molar-refractivity contribution >= 4 is 28.6 Å². The second-order valence-corrected chi connectivity index (χ2v) is 8.00. The summed E-state index contributed by atoms with van der Waals surface area (Å²) in [5, 5.41) is 20.9. The highest BCUT2D eigenvalue weighted by Gasteiger charge is 2.23. The van der Waals surface area contributed by atoms with Crippen molar-refractivity contribution in [3.63, 3.8) is 0 Å². The standard InChI is InChI=1S/C25H22N2O5.CH4/c1-26(2)15-6-9-18-21(12-15)32-22-13-16(27(3)4)7-10-19(22)23(18)17-8-5-14(24(28)29)11-20(17)25(30)31;/h5-13H,1-4H3,(H-,28,29,30,31);1H4/p+1. The van der Waals surface area contributed by atoms with E-state index in [1.165, 1.54) is 12.1 Å². The van der Waals surface area contributed by atoms with Gasteiger partial charge in [-0.1, -0.05) is 13.5 Å². The van der Waals surface area contributed by atoms with E-state index in [9.17, 15) is 19.8 Å². The van der Waals surface area contributed by atoms with Crippen LogP contribution in [0.3, 0.4) is 0 Å². The molecule has 2 aromatic rings. The molecule has 0 bridgehead atoms. The molecule has 0 aromatic heterocycles. The van der Waals surface area contributed by atoms with Crippen molar-refractivity contribution in [1.29, 1.82) is 0 Å². The van der Waals surface area contributed by atoms with Crippen LogP contribution >= 0.6 is 0 Å². The monoisotopic (exact) mass is 447 g/mol. The molecule has 0 unspecified atom stereocenters. The SMILES string of the molecule is C.CN(C)c1ccc2c(-c3ccc(C(=O)O)cc3C(=O)O)c3ccc(=[N+](C)C)cc-3oc2c1. The lowest BCUT2D eigenvalue weighted by molar-refractivity contribution is 0.0696. The van der Waals surface area contributed by atoms with E-state index in [1.54, 1.807) is 6.07 Å². The highest BCUT2D eigenvalue weighted by atomic mass is 16.4. The van der Waals surface area contributed by atoms with Gasteiger partial charge in [0.2, 0.25) is 5.36 Å². The molecular weight excluding hydrogens is 420 g/mol. The van der Waals surface area contributed by atoms with Gasteiger partial charge in [-0.15, -0.1) is 0 Å². The molecule has 0 radical (unpaired) electrons. The number of carboxylic acid groups (broad SMARTS) is 2. The van der Waals surface area contributed by atoms with Gasteiger partial charge in [0.05, 0.1) is 17.2 Å². The van der Waals surface area contributed by atoms with Crippen molar-refractivity contribution in [1.82, 2.24) is 4.58 Å². The Bertz CT molecular complexity index is 1430. The lowest BCUT2D eigenvalue weighted by Crippen LogP contribution is -2.21.